The normalized spacial score (nSPS) is 17.9. The highest BCUT2D eigenvalue weighted by molar-refractivity contribution is 5.80. The third-order valence-electron chi connectivity index (χ3n) is 4.13. The minimum Gasteiger partial charge on any atom is -0.444 e. The second-order valence-electron chi connectivity index (χ2n) is 8.26. The minimum atomic E-state index is -0.497. The van der Waals surface area contributed by atoms with E-state index in [1.54, 1.807) is 0 Å². The molecule has 2 N–H and O–H groups in total. The lowest BCUT2D eigenvalue weighted by Crippen LogP contribution is -2.44. The fourth-order valence-corrected chi connectivity index (χ4v) is 2.83. The smallest absolute Gasteiger partial charge is 0.407 e. The van der Waals surface area contributed by atoms with Crippen LogP contribution in [0.1, 0.15) is 65.6 Å². The van der Waals surface area contributed by atoms with Gasteiger partial charge in [-0.25, -0.2) is 4.79 Å². The van der Waals surface area contributed by atoms with Gasteiger partial charge in [-0.05, 0) is 34.1 Å². The molecule has 1 aliphatic heterocycles. The summed E-state index contributed by atoms with van der Waals surface area (Å²) in [4.78, 5) is 23.2. The second-order valence-corrected chi connectivity index (χ2v) is 8.26. The van der Waals surface area contributed by atoms with Crippen molar-refractivity contribution in [2.45, 2.75) is 71.9 Å². The third kappa shape index (κ3) is 7.01. The predicted molar refractivity (Wildman–Crippen MR) is 107 cm³/mol. The van der Waals surface area contributed by atoms with Crippen LogP contribution in [0.3, 0.4) is 0 Å². The number of rotatable bonds is 6. The summed E-state index contributed by atoms with van der Waals surface area (Å²) in [5, 5.41) is 10.2. The van der Waals surface area contributed by atoms with E-state index in [-0.39, 0.29) is 18.1 Å². The fraction of sp³-hybridized carbons (Fsp3) is 0.789. The number of likely N-dealkylation sites (tertiary alicyclic amines) is 1. The Morgan fingerprint density at radius 2 is 2.18 bits per heavy atom. The summed E-state index contributed by atoms with van der Waals surface area (Å²) in [6.07, 6.45) is 1.08. The van der Waals surface area contributed by atoms with Gasteiger partial charge >= 0.3 is 6.09 Å². The van der Waals surface area contributed by atoms with Crippen LogP contribution in [-0.2, 0) is 11.2 Å². The molecule has 0 saturated carbocycles. The zero-order chi connectivity index (χ0) is 20.7. The van der Waals surface area contributed by atoms with E-state index in [4.69, 9.17) is 9.26 Å². The zero-order valence-electron chi connectivity index (χ0n) is 17.9. The second kappa shape index (κ2) is 9.75. The number of nitrogens with one attached hydrogen (secondary N) is 2. The van der Waals surface area contributed by atoms with Crippen LogP contribution in [-0.4, -0.2) is 64.9 Å². The molecule has 1 aromatic rings. The molecule has 1 aromatic heterocycles. The van der Waals surface area contributed by atoms with Gasteiger partial charge in [0.1, 0.15) is 5.60 Å². The maximum Gasteiger partial charge on any atom is 0.407 e. The van der Waals surface area contributed by atoms with E-state index in [2.05, 4.69) is 30.7 Å². The maximum absolute atomic E-state index is 12.0. The van der Waals surface area contributed by atoms with Crippen LogP contribution in [0.4, 0.5) is 4.79 Å². The van der Waals surface area contributed by atoms with Gasteiger partial charge in [0.15, 0.2) is 11.8 Å². The Labute approximate surface area is 167 Å². The molecule has 9 heteroatoms. The molecule has 9 nitrogen and oxygen atoms in total. The van der Waals surface area contributed by atoms with E-state index in [0.717, 1.165) is 31.3 Å². The van der Waals surface area contributed by atoms with Crippen molar-refractivity contribution in [2.75, 3.05) is 26.2 Å². The maximum atomic E-state index is 12.0. The van der Waals surface area contributed by atoms with Crippen LogP contribution in [0, 0.1) is 0 Å². The van der Waals surface area contributed by atoms with Crippen molar-refractivity contribution in [3.63, 3.8) is 0 Å². The highest BCUT2D eigenvalue weighted by atomic mass is 16.6. The summed E-state index contributed by atoms with van der Waals surface area (Å²) >= 11 is 0. The monoisotopic (exact) mass is 394 g/mol. The van der Waals surface area contributed by atoms with Crippen molar-refractivity contribution in [1.29, 1.82) is 0 Å². The number of nitrogens with zero attached hydrogens (tertiary/aromatic N) is 4. The quantitative estimate of drug-likeness (QED) is 0.563. The van der Waals surface area contributed by atoms with Crippen LogP contribution in [0.5, 0.6) is 0 Å². The average Bonchev–Trinajstić information content (AvgIpc) is 3.21. The van der Waals surface area contributed by atoms with E-state index in [1.807, 2.05) is 41.5 Å². The first-order chi connectivity index (χ1) is 13.2. The van der Waals surface area contributed by atoms with Gasteiger partial charge in [-0.1, -0.05) is 19.0 Å². The Balaban J connectivity index is 1.87. The summed E-state index contributed by atoms with van der Waals surface area (Å²) in [5.41, 5.74) is -0.497. The van der Waals surface area contributed by atoms with Gasteiger partial charge in [-0.3, -0.25) is 4.99 Å². The Morgan fingerprint density at radius 1 is 1.43 bits per heavy atom. The Morgan fingerprint density at radius 3 is 2.79 bits per heavy atom. The number of aromatic nitrogens is 2. The molecular formula is C19H34N6O3. The van der Waals surface area contributed by atoms with Crippen molar-refractivity contribution in [1.82, 2.24) is 25.7 Å². The molecule has 0 bridgehead atoms. The molecule has 2 heterocycles. The number of hydrogen-bond acceptors (Lipinski definition) is 6. The zero-order valence-corrected chi connectivity index (χ0v) is 17.9. The molecule has 0 spiro atoms. The molecule has 1 unspecified atom stereocenters. The first kappa shape index (κ1) is 22.0. The molecular weight excluding hydrogens is 360 g/mol. The van der Waals surface area contributed by atoms with E-state index in [1.165, 1.54) is 0 Å². The van der Waals surface area contributed by atoms with Crippen molar-refractivity contribution in [3.8, 4) is 0 Å². The lowest BCUT2D eigenvalue weighted by atomic mass is 10.2. The lowest BCUT2D eigenvalue weighted by Gasteiger charge is -2.23. The lowest BCUT2D eigenvalue weighted by molar-refractivity contribution is 0.0507. The summed E-state index contributed by atoms with van der Waals surface area (Å²) < 4.78 is 10.6. The van der Waals surface area contributed by atoms with Gasteiger partial charge in [0, 0.05) is 32.0 Å². The van der Waals surface area contributed by atoms with Gasteiger partial charge in [-0.2, -0.15) is 4.98 Å². The van der Waals surface area contributed by atoms with E-state index >= 15 is 0 Å². The number of carbonyl (C=O) groups is 1. The van der Waals surface area contributed by atoms with Crippen LogP contribution in [0.2, 0.25) is 0 Å². The van der Waals surface area contributed by atoms with Crippen molar-refractivity contribution >= 4 is 12.1 Å². The summed E-state index contributed by atoms with van der Waals surface area (Å²) in [7, 11) is 0. The fourth-order valence-electron chi connectivity index (χ4n) is 2.83. The summed E-state index contributed by atoms with van der Waals surface area (Å²) in [6, 6.07) is 0.0447. The average molecular weight is 395 g/mol. The van der Waals surface area contributed by atoms with Gasteiger partial charge < -0.3 is 24.8 Å². The number of alkyl carbamates (subject to hydrolysis) is 1. The number of amides is 1. The molecule has 0 radical (unpaired) electrons. The number of carbonyl (C=O) groups excluding carboxylic acids is 1. The van der Waals surface area contributed by atoms with Gasteiger partial charge in [0.05, 0.1) is 12.6 Å². The molecule has 28 heavy (non-hydrogen) atoms. The third-order valence-corrected chi connectivity index (χ3v) is 4.13. The molecule has 1 atom stereocenters. The first-order valence-corrected chi connectivity index (χ1v) is 10.0. The first-order valence-electron chi connectivity index (χ1n) is 10.0. The van der Waals surface area contributed by atoms with E-state index in [0.29, 0.717) is 25.4 Å². The van der Waals surface area contributed by atoms with E-state index < -0.39 is 5.60 Å². The van der Waals surface area contributed by atoms with Crippen LogP contribution in [0.15, 0.2) is 9.52 Å². The van der Waals surface area contributed by atoms with Crippen LogP contribution < -0.4 is 10.6 Å². The van der Waals surface area contributed by atoms with Crippen molar-refractivity contribution < 1.29 is 14.1 Å². The van der Waals surface area contributed by atoms with Crippen molar-refractivity contribution in [3.05, 3.63) is 11.7 Å². The molecule has 0 aromatic carbocycles. The Hall–Kier alpha value is -2.32. The summed E-state index contributed by atoms with van der Waals surface area (Å²) in [6.45, 7) is 14.5. The predicted octanol–water partition coefficient (Wildman–Crippen LogP) is 2.30. The SMILES string of the molecule is CCNC(=NCCc1nc(C(C)C)no1)N1CCC(NC(=O)OC(C)(C)C)C1. The standard InChI is InChI=1S/C19H34N6O3/c1-7-20-17(21-10-8-15-23-16(13(2)3)24-28-15)25-11-9-14(12-25)22-18(26)27-19(4,5)6/h13-14H,7-12H2,1-6H3,(H,20,21)(H,22,26). The van der Waals surface area contributed by atoms with Crippen molar-refractivity contribution in [2.24, 2.45) is 4.99 Å². The number of aliphatic imine (C=N–C) groups is 1. The molecule has 158 valence electrons. The topological polar surface area (TPSA) is 105 Å². The van der Waals surface area contributed by atoms with Crippen LogP contribution >= 0.6 is 0 Å². The Kier molecular flexibility index (Phi) is 7.65. The van der Waals surface area contributed by atoms with Gasteiger partial charge in [0.25, 0.3) is 0 Å². The highest BCUT2D eigenvalue weighted by Crippen LogP contribution is 2.13. The molecule has 1 saturated heterocycles. The Bertz CT molecular complexity index is 665. The number of guanidine groups is 1. The number of ether oxygens (including phenoxy) is 1. The number of hydrogen-bond donors (Lipinski definition) is 2. The molecule has 1 fully saturated rings. The largest absolute Gasteiger partial charge is 0.444 e. The van der Waals surface area contributed by atoms with E-state index in [9.17, 15) is 4.79 Å². The molecule has 2 rings (SSSR count). The molecule has 0 aliphatic carbocycles. The van der Waals surface area contributed by atoms with Crippen LogP contribution in [0.25, 0.3) is 0 Å². The highest BCUT2D eigenvalue weighted by Gasteiger charge is 2.27. The molecule has 1 aliphatic rings. The summed E-state index contributed by atoms with van der Waals surface area (Å²) in [5.74, 6) is 2.41. The van der Waals surface area contributed by atoms with Gasteiger partial charge in [-0.15, -0.1) is 0 Å². The minimum absolute atomic E-state index is 0.0447. The molecule has 1 amide bonds. The van der Waals surface area contributed by atoms with Gasteiger partial charge in [0.2, 0.25) is 5.89 Å².